The molecular weight excluding hydrogens is 492 g/mol. The van der Waals surface area contributed by atoms with E-state index in [1.54, 1.807) is 18.2 Å². The highest BCUT2D eigenvalue weighted by molar-refractivity contribution is 7.98. The van der Waals surface area contributed by atoms with Crippen molar-refractivity contribution >= 4 is 69.0 Å². The van der Waals surface area contributed by atoms with E-state index in [-0.39, 0.29) is 5.75 Å². The topological polar surface area (TPSA) is 47.8 Å². The Morgan fingerprint density at radius 3 is 2.38 bits per heavy atom. The van der Waals surface area contributed by atoms with Crippen molar-refractivity contribution in [3.63, 3.8) is 0 Å². The molecule has 0 fully saturated rings. The van der Waals surface area contributed by atoms with E-state index < -0.39 is 10.8 Å². The van der Waals surface area contributed by atoms with E-state index in [0.29, 0.717) is 44.0 Å². The quantitative estimate of drug-likeness (QED) is 0.319. The Bertz CT molecular complexity index is 1020. The van der Waals surface area contributed by atoms with Gasteiger partial charge in [0.05, 0.1) is 11.5 Å². The number of halogens is 4. The van der Waals surface area contributed by atoms with Gasteiger partial charge in [-0.1, -0.05) is 70.3 Å². The van der Waals surface area contributed by atoms with Gasteiger partial charge in [0.2, 0.25) is 0 Å². The van der Waals surface area contributed by atoms with Gasteiger partial charge in [-0.3, -0.25) is 4.21 Å². The lowest BCUT2D eigenvalue weighted by Crippen LogP contribution is -2.08. The molecule has 0 saturated carbocycles. The average molecular weight is 509 g/mol. The van der Waals surface area contributed by atoms with Crippen molar-refractivity contribution in [3.8, 4) is 0 Å². The molecule has 0 N–H and O–H groups in total. The van der Waals surface area contributed by atoms with Crippen LogP contribution in [0.4, 0.5) is 0 Å². The fraction of sp³-hybridized carbons (Fsp3) is 0.263. The number of nitrogens with zero attached hydrogens (tertiary/aromatic N) is 3. The number of rotatable bonds is 8. The minimum atomic E-state index is -1.19. The molecule has 1 aromatic heterocycles. The third kappa shape index (κ3) is 5.90. The number of aromatic nitrogens is 3. The van der Waals surface area contributed by atoms with Crippen molar-refractivity contribution in [1.82, 2.24) is 14.8 Å². The maximum atomic E-state index is 12.7. The fourth-order valence-electron chi connectivity index (χ4n) is 2.66. The fourth-order valence-corrected chi connectivity index (χ4v) is 6.18. The maximum absolute atomic E-state index is 12.7. The summed E-state index contributed by atoms with van der Waals surface area (Å²) in [6.07, 6.45) is 0. The summed E-state index contributed by atoms with van der Waals surface area (Å²) in [6, 6.07) is 10.6. The SMILES string of the molecule is CCn1c(C[S@@](=O)Cc2ccc(Cl)cc2Cl)nnc1SCc1c(Cl)cccc1Cl. The van der Waals surface area contributed by atoms with Gasteiger partial charge in [0.25, 0.3) is 0 Å². The summed E-state index contributed by atoms with van der Waals surface area (Å²) >= 11 is 26.1. The summed E-state index contributed by atoms with van der Waals surface area (Å²) in [5.74, 6) is 1.85. The highest BCUT2D eigenvalue weighted by atomic mass is 35.5. The largest absolute Gasteiger partial charge is 0.306 e. The molecule has 10 heteroatoms. The molecule has 2 aromatic carbocycles. The second-order valence-electron chi connectivity index (χ2n) is 6.10. The summed E-state index contributed by atoms with van der Waals surface area (Å²) in [5, 5.41) is 11.5. The zero-order valence-electron chi connectivity index (χ0n) is 15.4. The Hall–Kier alpha value is -0.760. The van der Waals surface area contributed by atoms with Crippen LogP contribution in [0, 0.1) is 0 Å². The van der Waals surface area contributed by atoms with E-state index in [4.69, 9.17) is 46.4 Å². The standard InChI is InChI=1S/C19H17Cl4N3OS2/c1-2-26-18(11-29(27)10-12-6-7-13(20)8-17(12)23)24-25-19(26)28-9-14-15(21)4-3-5-16(14)22/h3-8H,2,9-11H2,1H3/t29-/m0/s1. The maximum Gasteiger partial charge on any atom is 0.191 e. The van der Waals surface area contributed by atoms with Crippen LogP contribution in [0.15, 0.2) is 41.6 Å². The molecule has 0 radical (unpaired) electrons. The molecule has 0 unspecified atom stereocenters. The molecule has 0 aliphatic carbocycles. The van der Waals surface area contributed by atoms with E-state index in [9.17, 15) is 4.21 Å². The summed E-state index contributed by atoms with van der Waals surface area (Å²) < 4.78 is 14.6. The molecule has 4 nitrogen and oxygen atoms in total. The van der Waals surface area contributed by atoms with Crippen LogP contribution in [-0.2, 0) is 34.6 Å². The number of hydrogen-bond donors (Lipinski definition) is 0. The third-order valence-corrected chi connectivity index (χ3v) is 7.64. The van der Waals surface area contributed by atoms with Gasteiger partial charge >= 0.3 is 0 Å². The Morgan fingerprint density at radius 1 is 1.00 bits per heavy atom. The predicted molar refractivity (Wildman–Crippen MR) is 124 cm³/mol. The second-order valence-corrected chi connectivity index (χ2v) is 10.2. The first-order chi connectivity index (χ1) is 13.9. The van der Waals surface area contributed by atoms with Gasteiger partial charge in [-0.2, -0.15) is 0 Å². The molecule has 1 atom stereocenters. The Labute approximate surface area is 196 Å². The van der Waals surface area contributed by atoms with Crippen molar-refractivity contribution in [1.29, 1.82) is 0 Å². The molecule has 0 saturated heterocycles. The zero-order valence-corrected chi connectivity index (χ0v) is 20.0. The van der Waals surface area contributed by atoms with Crippen LogP contribution >= 0.6 is 58.2 Å². The van der Waals surface area contributed by atoms with E-state index in [1.165, 1.54) is 11.8 Å². The Kier molecular flexibility index (Phi) is 8.31. The van der Waals surface area contributed by atoms with E-state index in [0.717, 1.165) is 16.3 Å². The first-order valence-corrected chi connectivity index (χ1v) is 12.6. The van der Waals surface area contributed by atoms with Gasteiger partial charge < -0.3 is 4.57 Å². The summed E-state index contributed by atoms with van der Waals surface area (Å²) in [5.41, 5.74) is 1.65. The number of benzene rings is 2. The van der Waals surface area contributed by atoms with Crippen LogP contribution in [0.5, 0.6) is 0 Å². The highest BCUT2D eigenvalue weighted by Crippen LogP contribution is 2.31. The molecular formula is C19H17Cl4N3OS2. The average Bonchev–Trinajstić information content (AvgIpc) is 3.05. The molecule has 0 spiro atoms. The van der Waals surface area contributed by atoms with Gasteiger partial charge in [0.15, 0.2) is 5.16 Å². The van der Waals surface area contributed by atoms with Crippen LogP contribution in [-0.4, -0.2) is 19.0 Å². The van der Waals surface area contributed by atoms with Crippen LogP contribution in [0.2, 0.25) is 20.1 Å². The molecule has 1 heterocycles. The van der Waals surface area contributed by atoms with Crippen molar-refractivity contribution < 1.29 is 4.21 Å². The molecule has 3 rings (SSSR count). The lowest BCUT2D eigenvalue weighted by molar-refractivity contribution is 0.650. The van der Waals surface area contributed by atoms with E-state index >= 15 is 0 Å². The van der Waals surface area contributed by atoms with Crippen LogP contribution in [0.3, 0.4) is 0 Å². The third-order valence-electron chi connectivity index (χ3n) is 4.14. The summed E-state index contributed by atoms with van der Waals surface area (Å²) in [6.45, 7) is 2.66. The van der Waals surface area contributed by atoms with Gasteiger partial charge in [0.1, 0.15) is 5.82 Å². The van der Waals surface area contributed by atoms with Crippen LogP contribution in [0.1, 0.15) is 23.9 Å². The molecule has 0 bridgehead atoms. The lowest BCUT2D eigenvalue weighted by Gasteiger charge is -2.09. The van der Waals surface area contributed by atoms with Crippen LogP contribution < -0.4 is 0 Å². The Balaban J connectivity index is 1.69. The monoisotopic (exact) mass is 507 g/mol. The number of hydrogen-bond acceptors (Lipinski definition) is 4. The minimum Gasteiger partial charge on any atom is -0.306 e. The van der Waals surface area contributed by atoms with Gasteiger partial charge in [-0.15, -0.1) is 10.2 Å². The molecule has 0 amide bonds. The second kappa shape index (κ2) is 10.5. The van der Waals surface area contributed by atoms with Crippen molar-refractivity contribution in [3.05, 3.63) is 73.4 Å². The van der Waals surface area contributed by atoms with Gasteiger partial charge in [-0.25, -0.2) is 0 Å². The summed E-state index contributed by atoms with van der Waals surface area (Å²) in [4.78, 5) is 0. The van der Waals surface area contributed by atoms with Gasteiger partial charge in [0, 0.05) is 43.2 Å². The highest BCUT2D eigenvalue weighted by Gasteiger charge is 2.16. The van der Waals surface area contributed by atoms with Crippen molar-refractivity contribution in [2.75, 3.05) is 0 Å². The predicted octanol–water partition coefficient (Wildman–Crippen LogP) is 6.65. The van der Waals surface area contributed by atoms with E-state index in [1.807, 2.05) is 29.7 Å². The van der Waals surface area contributed by atoms with Gasteiger partial charge in [-0.05, 0) is 42.3 Å². The smallest absolute Gasteiger partial charge is 0.191 e. The summed E-state index contributed by atoms with van der Waals surface area (Å²) in [7, 11) is -1.19. The zero-order chi connectivity index (χ0) is 21.0. The van der Waals surface area contributed by atoms with E-state index in [2.05, 4.69) is 10.2 Å². The normalized spacial score (nSPS) is 12.3. The minimum absolute atomic E-state index is 0.285. The number of thioether (sulfide) groups is 1. The molecule has 0 aliphatic rings. The molecule has 29 heavy (non-hydrogen) atoms. The van der Waals surface area contributed by atoms with Crippen LogP contribution in [0.25, 0.3) is 0 Å². The Morgan fingerprint density at radius 2 is 1.72 bits per heavy atom. The first-order valence-electron chi connectivity index (χ1n) is 8.65. The molecule has 3 aromatic rings. The lowest BCUT2D eigenvalue weighted by atomic mass is 10.2. The van der Waals surface area contributed by atoms with Crippen molar-refractivity contribution in [2.24, 2.45) is 0 Å². The first kappa shape index (κ1) is 22.9. The van der Waals surface area contributed by atoms with Crippen molar-refractivity contribution in [2.45, 2.75) is 35.9 Å². The molecule has 154 valence electrons. The molecule has 0 aliphatic heterocycles.